The summed E-state index contributed by atoms with van der Waals surface area (Å²) in [6.45, 7) is 4.08. The Kier molecular flexibility index (Phi) is 4.71. The fourth-order valence-electron chi connectivity index (χ4n) is 2.83. The molecule has 1 aromatic carbocycles. The molecule has 3 nitrogen and oxygen atoms in total. The summed E-state index contributed by atoms with van der Waals surface area (Å²) in [7, 11) is 0. The Labute approximate surface area is 125 Å². The summed E-state index contributed by atoms with van der Waals surface area (Å²) >= 11 is 5.91. The molecule has 0 aliphatic heterocycles. The maximum atomic E-state index is 12.4. The van der Waals surface area contributed by atoms with Crippen LogP contribution in [0.15, 0.2) is 18.2 Å². The summed E-state index contributed by atoms with van der Waals surface area (Å²) in [5.74, 6) is 0.548. The van der Waals surface area contributed by atoms with Gasteiger partial charge in [-0.1, -0.05) is 18.5 Å². The first-order valence-electron chi connectivity index (χ1n) is 7.15. The summed E-state index contributed by atoms with van der Waals surface area (Å²) in [5.41, 5.74) is 1.02. The van der Waals surface area contributed by atoms with Crippen LogP contribution < -0.4 is 5.32 Å². The minimum Gasteiger partial charge on any atom is -0.394 e. The molecule has 1 aliphatic rings. The van der Waals surface area contributed by atoms with Crippen molar-refractivity contribution in [3.05, 3.63) is 34.3 Å². The van der Waals surface area contributed by atoms with Gasteiger partial charge in [-0.15, -0.1) is 0 Å². The first-order chi connectivity index (χ1) is 9.46. The van der Waals surface area contributed by atoms with E-state index >= 15 is 0 Å². The predicted molar refractivity (Wildman–Crippen MR) is 81.1 cm³/mol. The molecule has 0 saturated heterocycles. The van der Waals surface area contributed by atoms with E-state index in [2.05, 4.69) is 12.2 Å². The van der Waals surface area contributed by atoms with Crippen molar-refractivity contribution in [1.82, 2.24) is 5.32 Å². The lowest BCUT2D eigenvalue weighted by Crippen LogP contribution is -2.53. The Morgan fingerprint density at radius 1 is 1.45 bits per heavy atom. The van der Waals surface area contributed by atoms with Gasteiger partial charge >= 0.3 is 0 Å². The van der Waals surface area contributed by atoms with E-state index in [1.165, 1.54) is 0 Å². The van der Waals surface area contributed by atoms with Crippen molar-refractivity contribution in [2.24, 2.45) is 5.92 Å². The highest BCUT2D eigenvalue weighted by Gasteiger charge is 2.35. The number of halogens is 1. The second kappa shape index (κ2) is 6.15. The van der Waals surface area contributed by atoms with Crippen LogP contribution in [-0.4, -0.2) is 23.2 Å². The number of carbonyl (C=O) groups excluding carboxylic acids is 1. The zero-order valence-electron chi connectivity index (χ0n) is 12.1. The van der Waals surface area contributed by atoms with Gasteiger partial charge in [0, 0.05) is 10.6 Å². The number of carbonyl (C=O) groups is 1. The van der Waals surface area contributed by atoms with Gasteiger partial charge < -0.3 is 10.4 Å². The molecular weight excluding hydrogens is 274 g/mol. The number of aryl methyl sites for hydroxylation is 1. The molecule has 2 rings (SSSR count). The third kappa shape index (κ3) is 3.33. The summed E-state index contributed by atoms with van der Waals surface area (Å²) in [6, 6.07) is 5.24. The van der Waals surface area contributed by atoms with Gasteiger partial charge in [0.1, 0.15) is 0 Å². The monoisotopic (exact) mass is 295 g/mol. The van der Waals surface area contributed by atoms with E-state index in [9.17, 15) is 9.90 Å². The second-order valence-electron chi connectivity index (χ2n) is 6.03. The highest BCUT2D eigenvalue weighted by molar-refractivity contribution is 6.30. The first kappa shape index (κ1) is 15.3. The Bertz CT molecular complexity index is 493. The van der Waals surface area contributed by atoms with Crippen molar-refractivity contribution in [2.45, 2.75) is 45.1 Å². The molecule has 0 unspecified atom stereocenters. The standard InChI is InChI=1S/C16H22ClNO2/c1-11-5-7-16(10-19,8-6-11)18-15(20)14-4-3-13(17)9-12(14)2/h3-4,9,11,19H,5-8,10H2,1-2H3,(H,18,20). The first-order valence-corrected chi connectivity index (χ1v) is 7.53. The summed E-state index contributed by atoms with van der Waals surface area (Å²) in [4.78, 5) is 12.4. The van der Waals surface area contributed by atoms with E-state index in [0.717, 1.165) is 31.2 Å². The summed E-state index contributed by atoms with van der Waals surface area (Å²) < 4.78 is 0. The van der Waals surface area contributed by atoms with E-state index < -0.39 is 5.54 Å². The van der Waals surface area contributed by atoms with Crippen LogP contribution in [0.1, 0.15) is 48.5 Å². The lowest BCUT2D eigenvalue weighted by molar-refractivity contribution is 0.0716. The van der Waals surface area contributed by atoms with Crippen LogP contribution >= 0.6 is 11.6 Å². The lowest BCUT2D eigenvalue weighted by Gasteiger charge is -2.38. The number of benzene rings is 1. The van der Waals surface area contributed by atoms with Crippen molar-refractivity contribution in [3.63, 3.8) is 0 Å². The SMILES string of the molecule is Cc1cc(Cl)ccc1C(=O)NC1(CO)CCC(C)CC1. The normalized spacial score (nSPS) is 26.3. The van der Waals surface area contributed by atoms with E-state index in [0.29, 0.717) is 16.5 Å². The Balaban J connectivity index is 2.13. The number of aliphatic hydroxyl groups excluding tert-OH is 1. The van der Waals surface area contributed by atoms with Gasteiger partial charge in [-0.25, -0.2) is 0 Å². The van der Waals surface area contributed by atoms with Crippen LogP contribution in [0.3, 0.4) is 0 Å². The van der Waals surface area contributed by atoms with Crippen molar-refractivity contribution >= 4 is 17.5 Å². The topological polar surface area (TPSA) is 49.3 Å². The highest BCUT2D eigenvalue weighted by atomic mass is 35.5. The van der Waals surface area contributed by atoms with Crippen LogP contribution in [0, 0.1) is 12.8 Å². The minimum absolute atomic E-state index is 0.00189. The zero-order chi connectivity index (χ0) is 14.8. The maximum Gasteiger partial charge on any atom is 0.252 e. The van der Waals surface area contributed by atoms with Gasteiger partial charge in [-0.05, 0) is 62.3 Å². The molecule has 0 radical (unpaired) electrons. The van der Waals surface area contributed by atoms with Crippen LogP contribution in [0.4, 0.5) is 0 Å². The molecule has 0 aromatic heterocycles. The lowest BCUT2D eigenvalue weighted by atomic mass is 9.77. The molecule has 0 heterocycles. The van der Waals surface area contributed by atoms with Crippen LogP contribution in [0.2, 0.25) is 5.02 Å². The fourth-order valence-corrected chi connectivity index (χ4v) is 3.05. The van der Waals surface area contributed by atoms with E-state index in [4.69, 9.17) is 11.6 Å². The van der Waals surface area contributed by atoms with Crippen molar-refractivity contribution in [3.8, 4) is 0 Å². The number of aliphatic hydroxyl groups is 1. The Morgan fingerprint density at radius 3 is 2.65 bits per heavy atom. The molecule has 1 aliphatic carbocycles. The van der Waals surface area contributed by atoms with E-state index in [1.54, 1.807) is 18.2 Å². The number of hydrogen-bond donors (Lipinski definition) is 2. The number of amides is 1. The third-order valence-electron chi connectivity index (χ3n) is 4.35. The average Bonchev–Trinajstić information content (AvgIpc) is 2.41. The number of nitrogens with one attached hydrogen (secondary N) is 1. The molecule has 1 aromatic rings. The fraction of sp³-hybridized carbons (Fsp3) is 0.562. The smallest absolute Gasteiger partial charge is 0.252 e. The minimum atomic E-state index is -0.463. The predicted octanol–water partition coefficient (Wildman–Crippen LogP) is 3.32. The van der Waals surface area contributed by atoms with E-state index in [-0.39, 0.29) is 12.5 Å². The van der Waals surface area contributed by atoms with Crippen LogP contribution in [-0.2, 0) is 0 Å². The van der Waals surface area contributed by atoms with Gasteiger partial charge in [-0.3, -0.25) is 4.79 Å². The van der Waals surface area contributed by atoms with Crippen molar-refractivity contribution in [2.75, 3.05) is 6.61 Å². The Morgan fingerprint density at radius 2 is 2.10 bits per heavy atom. The molecule has 1 fully saturated rings. The zero-order valence-corrected chi connectivity index (χ0v) is 12.8. The molecule has 0 bridgehead atoms. The molecule has 20 heavy (non-hydrogen) atoms. The third-order valence-corrected chi connectivity index (χ3v) is 4.58. The van der Waals surface area contributed by atoms with Crippen LogP contribution in [0.25, 0.3) is 0 Å². The van der Waals surface area contributed by atoms with Gasteiger partial charge in [0.05, 0.1) is 12.1 Å². The molecule has 0 atom stereocenters. The molecule has 2 N–H and O–H groups in total. The molecule has 0 spiro atoms. The second-order valence-corrected chi connectivity index (χ2v) is 6.47. The van der Waals surface area contributed by atoms with E-state index in [1.807, 2.05) is 6.92 Å². The van der Waals surface area contributed by atoms with Crippen molar-refractivity contribution < 1.29 is 9.90 Å². The molecule has 1 amide bonds. The summed E-state index contributed by atoms with van der Waals surface area (Å²) in [5, 5.41) is 13.4. The Hall–Kier alpha value is -1.06. The number of hydrogen-bond acceptors (Lipinski definition) is 2. The molecule has 110 valence electrons. The molecule has 4 heteroatoms. The molecular formula is C16H22ClNO2. The largest absolute Gasteiger partial charge is 0.394 e. The van der Waals surface area contributed by atoms with Crippen LogP contribution in [0.5, 0.6) is 0 Å². The van der Waals surface area contributed by atoms with Gasteiger partial charge in [0.2, 0.25) is 0 Å². The van der Waals surface area contributed by atoms with Gasteiger partial charge in [0.25, 0.3) is 5.91 Å². The maximum absolute atomic E-state index is 12.4. The quantitative estimate of drug-likeness (QED) is 0.899. The number of rotatable bonds is 3. The van der Waals surface area contributed by atoms with Gasteiger partial charge in [-0.2, -0.15) is 0 Å². The molecule has 1 saturated carbocycles. The average molecular weight is 296 g/mol. The van der Waals surface area contributed by atoms with Gasteiger partial charge in [0.15, 0.2) is 0 Å². The summed E-state index contributed by atoms with van der Waals surface area (Å²) in [6.07, 6.45) is 3.76. The highest BCUT2D eigenvalue weighted by Crippen LogP contribution is 2.32. The van der Waals surface area contributed by atoms with Crippen molar-refractivity contribution in [1.29, 1.82) is 0 Å².